The Morgan fingerprint density at radius 3 is 2.70 bits per heavy atom. The highest BCUT2D eigenvalue weighted by Crippen LogP contribution is 2.29. The summed E-state index contributed by atoms with van der Waals surface area (Å²) >= 11 is 0. The van der Waals surface area contributed by atoms with Crippen LogP contribution in [0.15, 0.2) is 0 Å². The van der Waals surface area contributed by atoms with E-state index in [1.807, 2.05) is 0 Å². The van der Waals surface area contributed by atoms with Crippen molar-refractivity contribution in [3.05, 3.63) is 0 Å². The Morgan fingerprint density at radius 2 is 2.05 bits per heavy atom. The average molecular weight is 281 g/mol. The molecule has 20 heavy (non-hydrogen) atoms. The minimum absolute atomic E-state index is 0.402. The highest BCUT2D eigenvalue weighted by atomic mass is 15.3. The van der Waals surface area contributed by atoms with Gasteiger partial charge in [-0.1, -0.05) is 27.7 Å². The molecule has 2 fully saturated rings. The molecule has 2 aliphatic rings. The predicted molar refractivity (Wildman–Crippen MR) is 87.2 cm³/mol. The van der Waals surface area contributed by atoms with E-state index in [4.69, 9.17) is 0 Å². The van der Waals surface area contributed by atoms with Crippen molar-refractivity contribution in [1.29, 1.82) is 0 Å². The fraction of sp³-hybridized carbons (Fsp3) is 1.00. The normalized spacial score (nSPS) is 31.5. The van der Waals surface area contributed by atoms with Crippen molar-refractivity contribution < 1.29 is 0 Å². The molecule has 2 rings (SSSR count). The van der Waals surface area contributed by atoms with Crippen molar-refractivity contribution in [2.24, 2.45) is 5.41 Å². The zero-order valence-corrected chi connectivity index (χ0v) is 14.3. The molecule has 0 bridgehead atoms. The number of hydrogen-bond donors (Lipinski definition) is 1. The zero-order chi connectivity index (χ0) is 14.8. The molecule has 3 atom stereocenters. The number of rotatable bonds is 6. The molecule has 2 heterocycles. The highest BCUT2D eigenvalue weighted by Gasteiger charge is 2.37. The van der Waals surface area contributed by atoms with Gasteiger partial charge in [0.1, 0.15) is 0 Å². The summed E-state index contributed by atoms with van der Waals surface area (Å²) in [7, 11) is 0. The summed E-state index contributed by atoms with van der Waals surface area (Å²) in [5.41, 5.74) is 0.402. The van der Waals surface area contributed by atoms with Gasteiger partial charge in [0.05, 0.1) is 0 Å². The van der Waals surface area contributed by atoms with Crippen LogP contribution in [-0.2, 0) is 0 Å². The van der Waals surface area contributed by atoms with Crippen molar-refractivity contribution in [3.63, 3.8) is 0 Å². The maximum Gasteiger partial charge on any atom is 0.0224 e. The Labute approximate surface area is 126 Å². The topological polar surface area (TPSA) is 18.5 Å². The average Bonchev–Trinajstić information content (AvgIpc) is 2.84. The third kappa shape index (κ3) is 3.96. The van der Waals surface area contributed by atoms with Crippen LogP contribution in [-0.4, -0.2) is 60.6 Å². The highest BCUT2D eigenvalue weighted by molar-refractivity contribution is 4.93. The van der Waals surface area contributed by atoms with Crippen molar-refractivity contribution in [3.8, 4) is 0 Å². The van der Waals surface area contributed by atoms with Crippen LogP contribution in [0.1, 0.15) is 53.9 Å². The Balaban J connectivity index is 1.92. The molecule has 0 saturated carbocycles. The summed E-state index contributed by atoms with van der Waals surface area (Å²) < 4.78 is 0. The van der Waals surface area contributed by atoms with E-state index >= 15 is 0 Å². The lowest BCUT2D eigenvalue weighted by molar-refractivity contribution is 0.0280. The summed E-state index contributed by atoms with van der Waals surface area (Å²) in [6, 6.07) is 2.14. The molecule has 3 nitrogen and oxygen atoms in total. The van der Waals surface area contributed by atoms with Gasteiger partial charge in [-0.15, -0.1) is 0 Å². The van der Waals surface area contributed by atoms with Crippen LogP contribution in [0.4, 0.5) is 0 Å². The number of nitrogens with zero attached hydrogens (tertiary/aromatic N) is 2. The van der Waals surface area contributed by atoms with E-state index in [1.165, 1.54) is 45.4 Å². The van der Waals surface area contributed by atoms with E-state index in [0.717, 1.165) is 12.6 Å². The van der Waals surface area contributed by atoms with Gasteiger partial charge in [0, 0.05) is 44.3 Å². The fourth-order valence-electron chi connectivity index (χ4n) is 3.70. The molecule has 1 N–H and O–H groups in total. The van der Waals surface area contributed by atoms with Crippen LogP contribution in [0.2, 0.25) is 0 Å². The molecule has 0 aliphatic carbocycles. The van der Waals surface area contributed by atoms with Gasteiger partial charge in [0.15, 0.2) is 0 Å². The lowest BCUT2D eigenvalue weighted by Gasteiger charge is -2.46. The standard InChI is InChI=1S/C17H35N3/c1-6-17(5,12-18-14(2)3)13-20-11-16-8-7-9-19(16)10-15(20)4/h14-16,18H,6-13H2,1-5H3. The molecular weight excluding hydrogens is 246 g/mol. The molecule has 0 aromatic heterocycles. The smallest absolute Gasteiger partial charge is 0.0224 e. The second-order valence-corrected chi connectivity index (χ2v) is 7.77. The van der Waals surface area contributed by atoms with Gasteiger partial charge in [-0.05, 0) is 38.1 Å². The largest absolute Gasteiger partial charge is 0.314 e. The van der Waals surface area contributed by atoms with Gasteiger partial charge in [-0.3, -0.25) is 9.80 Å². The minimum atomic E-state index is 0.402. The van der Waals surface area contributed by atoms with Crippen LogP contribution in [0.3, 0.4) is 0 Å². The molecule has 3 heteroatoms. The third-order valence-corrected chi connectivity index (χ3v) is 5.44. The van der Waals surface area contributed by atoms with E-state index in [2.05, 4.69) is 49.7 Å². The van der Waals surface area contributed by atoms with Gasteiger partial charge in [0.2, 0.25) is 0 Å². The molecule has 0 radical (unpaired) electrons. The van der Waals surface area contributed by atoms with Crippen molar-refractivity contribution >= 4 is 0 Å². The van der Waals surface area contributed by atoms with Crippen LogP contribution >= 0.6 is 0 Å². The Kier molecular flexibility index (Phi) is 5.49. The summed E-state index contributed by atoms with van der Waals surface area (Å²) in [6.45, 7) is 18.0. The van der Waals surface area contributed by atoms with Crippen LogP contribution in [0, 0.1) is 5.41 Å². The van der Waals surface area contributed by atoms with Crippen molar-refractivity contribution in [1.82, 2.24) is 15.1 Å². The van der Waals surface area contributed by atoms with E-state index in [0.29, 0.717) is 17.5 Å². The van der Waals surface area contributed by atoms with Gasteiger partial charge in [0.25, 0.3) is 0 Å². The second kappa shape index (κ2) is 6.76. The lowest BCUT2D eigenvalue weighted by Crippen LogP contribution is -2.57. The summed E-state index contributed by atoms with van der Waals surface area (Å²) in [6.07, 6.45) is 4.08. The minimum Gasteiger partial charge on any atom is -0.314 e. The zero-order valence-electron chi connectivity index (χ0n) is 14.3. The lowest BCUT2D eigenvalue weighted by atomic mass is 9.85. The van der Waals surface area contributed by atoms with Crippen molar-refractivity contribution in [2.75, 3.05) is 32.7 Å². The molecule has 2 aliphatic heterocycles. The number of fused-ring (bicyclic) bond motifs is 1. The maximum absolute atomic E-state index is 3.65. The Bertz CT molecular complexity index is 305. The summed E-state index contributed by atoms with van der Waals surface area (Å²) in [5.74, 6) is 0. The first kappa shape index (κ1) is 16.3. The molecular formula is C17H35N3. The van der Waals surface area contributed by atoms with Gasteiger partial charge in [-0.2, -0.15) is 0 Å². The molecule has 118 valence electrons. The molecule has 0 aromatic carbocycles. The van der Waals surface area contributed by atoms with Crippen LogP contribution < -0.4 is 5.32 Å². The monoisotopic (exact) mass is 281 g/mol. The first-order chi connectivity index (χ1) is 9.43. The summed E-state index contributed by atoms with van der Waals surface area (Å²) in [4.78, 5) is 5.48. The first-order valence-corrected chi connectivity index (χ1v) is 8.65. The number of hydrogen-bond acceptors (Lipinski definition) is 3. The number of piperazine rings is 1. The van der Waals surface area contributed by atoms with Gasteiger partial charge >= 0.3 is 0 Å². The Morgan fingerprint density at radius 1 is 1.30 bits per heavy atom. The molecule has 0 aromatic rings. The predicted octanol–water partition coefficient (Wildman–Crippen LogP) is 2.57. The number of nitrogens with one attached hydrogen (secondary N) is 1. The van der Waals surface area contributed by atoms with Gasteiger partial charge in [-0.25, -0.2) is 0 Å². The first-order valence-electron chi connectivity index (χ1n) is 8.65. The third-order valence-electron chi connectivity index (χ3n) is 5.44. The van der Waals surface area contributed by atoms with Crippen LogP contribution in [0.25, 0.3) is 0 Å². The maximum atomic E-state index is 3.65. The fourth-order valence-corrected chi connectivity index (χ4v) is 3.70. The van der Waals surface area contributed by atoms with Gasteiger partial charge < -0.3 is 5.32 Å². The quantitative estimate of drug-likeness (QED) is 0.807. The molecule has 0 amide bonds. The van der Waals surface area contributed by atoms with E-state index in [1.54, 1.807) is 0 Å². The molecule has 0 spiro atoms. The van der Waals surface area contributed by atoms with E-state index in [-0.39, 0.29) is 0 Å². The molecule has 2 saturated heterocycles. The summed E-state index contributed by atoms with van der Waals surface area (Å²) in [5, 5.41) is 3.65. The SMILES string of the molecule is CCC(C)(CNC(C)C)CN1CC2CCCN2CC1C. The van der Waals surface area contributed by atoms with Crippen molar-refractivity contribution in [2.45, 2.75) is 72.0 Å². The molecule has 3 unspecified atom stereocenters. The van der Waals surface area contributed by atoms with E-state index in [9.17, 15) is 0 Å². The second-order valence-electron chi connectivity index (χ2n) is 7.77. The Hall–Kier alpha value is -0.120. The van der Waals surface area contributed by atoms with Crippen LogP contribution in [0.5, 0.6) is 0 Å². The van der Waals surface area contributed by atoms with E-state index < -0.39 is 0 Å².